The summed E-state index contributed by atoms with van der Waals surface area (Å²) in [6.07, 6.45) is 0. The predicted molar refractivity (Wildman–Crippen MR) is 67.7 cm³/mol. The van der Waals surface area contributed by atoms with E-state index in [1.807, 2.05) is 16.2 Å². The molecule has 1 aromatic rings. The van der Waals surface area contributed by atoms with Gasteiger partial charge in [-0.1, -0.05) is 9.24 Å². The monoisotopic (exact) mass is 222 g/mol. The summed E-state index contributed by atoms with van der Waals surface area (Å²) in [5.74, 6) is 0. The van der Waals surface area contributed by atoms with Crippen LogP contribution in [0.25, 0.3) is 0 Å². The quantitative estimate of drug-likeness (QED) is 0.520. The molecule has 0 radical (unpaired) electrons. The van der Waals surface area contributed by atoms with Gasteiger partial charge in [0.2, 0.25) is 0 Å². The molecule has 4 atom stereocenters. The van der Waals surface area contributed by atoms with Crippen LogP contribution in [0.4, 0.5) is 0 Å². The zero-order chi connectivity index (χ0) is 8.59. The zero-order valence-electron chi connectivity index (χ0n) is 6.39. The smallest absolute Gasteiger partial charge is 0.182 e. The summed E-state index contributed by atoms with van der Waals surface area (Å²) < 4.78 is 0. The second kappa shape index (κ2) is 3.72. The van der Waals surface area contributed by atoms with E-state index in [1.165, 1.54) is 15.9 Å². The first-order chi connectivity index (χ1) is 5.04. The molecule has 0 amide bonds. The summed E-state index contributed by atoms with van der Waals surface area (Å²) >= 11 is 0. The van der Waals surface area contributed by atoms with Gasteiger partial charge in [-0.25, -0.2) is 4.98 Å². The highest BCUT2D eigenvalue weighted by Gasteiger charge is 2.07. The summed E-state index contributed by atoms with van der Waals surface area (Å²) in [4.78, 5) is 4.39. The van der Waals surface area contributed by atoms with Crippen LogP contribution in [-0.2, 0) is 0 Å². The molecule has 60 valence electrons. The molecule has 11 heavy (non-hydrogen) atoms. The van der Waals surface area contributed by atoms with Crippen LogP contribution in [0.2, 0.25) is 0 Å². The minimum Gasteiger partial charge on any atom is -0.218 e. The molecule has 0 aliphatic rings. The summed E-state index contributed by atoms with van der Waals surface area (Å²) in [6, 6.07) is 0. The van der Waals surface area contributed by atoms with Gasteiger partial charge < -0.3 is 0 Å². The van der Waals surface area contributed by atoms with E-state index < -0.39 is 0 Å². The van der Waals surface area contributed by atoms with Crippen molar-refractivity contribution < 1.29 is 0 Å². The highest BCUT2D eigenvalue weighted by atomic mass is 31.0. The van der Waals surface area contributed by atoms with E-state index in [0.29, 0.717) is 0 Å². The van der Waals surface area contributed by atoms with Crippen LogP contribution < -0.4 is 21.3 Å². The second-order valence-corrected chi connectivity index (χ2v) is 4.79. The average Bonchev–Trinajstić information content (AvgIpc) is 1.97. The maximum Gasteiger partial charge on any atom is 0.182 e. The lowest BCUT2D eigenvalue weighted by Crippen LogP contribution is -2.36. The zero-order valence-corrected chi connectivity index (χ0v) is 11.3. The van der Waals surface area contributed by atoms with Gasteiger partial charge in [-0.05, 0) is 17.5 Å². The van der Waals surface area contributed by atoms with Gasteiger partial charge in [0.05, 0.1) is 0 Å². The molecule has 4 unspecified atom stereocenters. The number of nitrogens with zero attached hydrogens (tertiary/aromatic N) is 1. The first-order valence-corrected chi connectivity index (χ1v) is 5.61. The lowest BCUT2D eigenvalue weighted by Gasteiger charge is -2.06. The normalized spacial score (nSPS) is 10.5. The summed E-state index contributed by atoms with van der Waals surface area (Å²) in [5.41, 5.74) is 2.21. The molecule has 0 bridgehead atoms. The number of rotatable bonds is 0. The molecule has 0 spiro atoms. The van der Waals surface area contributed by atoms with Crippen molar-refractivity contribution in [3.05, 3.63) is 5.69 Å². The van der Waals surface area contributed by atoms with E-state index in [-0.39, 0.29) is 0 Å². The number of pyridine rings is 1. The molecule has 0 aliphatic carbocycles. The molecule has 1 rings (SSSR count). The third-order valence-electron chi connectivity index (χ3n) is 1.58. The SMILES string of the molecule is Cc1nc([PH3+])c(P)c(P)c1P. The van der Waals surface area contributed by atoms with Crippen molar-refractivity contribution in [2.45, 2.75) is 6.92 Å². The Hall–Kier alpha value is 0.870. The number of hydrogen-bond donors (Lipinski definition) is 0. The van der Waals surface area contributed by atoms with E-state index in [0.717, 1.165) is 11.1 Å². The van der Waals surface area contributed by atoms with Gasteiger partial charge in [0.25, 0.3) is 0 Å². The van der Waals surface area contributed by atoms with Crippen LogP contribution in [0.3, 0.4) is 0 Å². The Labute approximate surface area is 76.3 Å². The molecule has 1 heterocycles. The molecule has 0 saturated carbocycles. The van der Waals surface area contributed by atoms with Crippen molar-refractivity contribution in [1.29, 1.82) is 0 Å². The molecule has 0 N–H and O–H groups in total. The van der Waals surface area contributed by atoms with Crippen LogP contribution in [0.1, 0.15) is 5.69 Å². The van der Waals surface area contributed by atoms with Crippen LogP contribution in [-0.4, -0.2) is 4.98 Å². The highest BCUT2D eigenvalue weighted by Crippen LogP contribution is 1.98. The van der Waals surface area contributed by atoms with Gasteiger partial charge in [0.1, 0.15) is 0 Å². The highest BCUT2D eigenvalue weighted by molar-refractivity contribution is 7.42. The molecule has 0 fully saturated rings. The van der Waals surface area contributed by atoms with Crippen molar-refractivity contribution in [3.63, 3.8) is 0 Å². The van der Waals surface area contributed by atoms with Crippen molar-refractivity contribution >= 4 is 58.3 Å². The van der Waals surface area contributed by atoms with Crippen molar-refractivity contribution in [1.82, 2.24) is 4.98 Å². The topological polar surface area (TPSA) is 12.9 Å². The fourth-order valence-electron chi connectivity index (χ4n) is 0.818. The Balaban J connectivity index is 3.46. The molecular weight excluding hydrogens is 210 g/mol. The number of hydrogen-bond acceptors (Lipinski definition) is 1. The molecule has 0 aromatic carbocycles. The molecule has 0 saturated heterocycles. The molecule has 5 heteroatoms. The van der Waals surface area contributed by atoms with Crippen molar-refractivity contribution in [3.8, 4) is 0 Å². The minimum atomic E-state index is 1.09. The standard InChI is InChI=1S/C6H11NP4/c1-2-3(8)4(9)5(10)6(11)7-2/h8-11H2,1H3/p+1. The third kappa shape index (κ3) is 1.96. The second-order valence-electron chi connectivity index (χ2n) is 2.38. The van der Waals surface area contributed by atoms with Crippen LogP contribution in [0.5, 0.6) is 0 Å². The maximum atomic E-state index is 4.39. The average molecular weight is 222 g/mol. The van der Waals surface area contributed by atoms with E-state index in [9.17, 15) is 0 Å². The third-order valence-corrected chi connectivity index (χ3v) is 5.19. The summed E-state index contributed by atoms with van der Waals surface area (Å²) in [7, 11) is 9.98. The van der Waals surface area contributed by atoms with Gasteiger partial charge in [0.15, 0.2) is 5.44 Å². The lowest BCUT2D eigenvalue weighted by atomic mass is 10.4. The van der Waals surface area contributed by atoms with Gasteiger partial charge in [-0.3, -0.25) is 0 Å². The lowest BCUT2D eigenvalue weighted by molar-refractivity contribution is 1.28. The fourth-order valence-corrected chi connectivity index (χ4v) is 2.43. The maximum absolute atomic E-state index is 4.39. The summed E-state index contributed by atoms with van der Waals surface area (Å²) in [6.45, 7) is 2.03. The fraction of sp³-hybridized carbons (Fsp3) is 0.167. The van der Waals surface area contributed by atoms with E-state index in [4.69, 9.17) is 0 Å². The Morgan fingerprint density at radius 1 is 1.09 bits per heavy atom. The van der Waals surface area contributed by atoms with Gasteiger partial charge >= 0.3 is 0 Å². The van der Waals surface area contributed by atoms with Crippen LogP contribution in [0.15, 0.2) is 0 Å². The molecular formula is C6H12NP4+. The molecule has 1 aromatic heterocycles. The van der Waals surface area contributed by atoms with E-state index in [2.05, 4.69) is 32.7 Å². The van der Waals surface area contributed by atoms with Gasteiger partial charge in [-0.2, -0.15) is 0 Å². The largest absolute Gasteiger partial charge is 0.218 e. The first-order valence-electron chi connectivity index (χ1n) is 3.17. The number of aryl methyl sites for hydroxylation is 1. The summed E-state index contributed by atoms with van der Waals surface area (Å²) in [5, 5.41) is 3.62. The molecule has 0 aliphatic heterocycles. The Kier molecular flexibility index (Phi) is 3.37. The van der Waals surface area contributed by atoms with Crippen LogP contribution in [0, 0.1) is 6.92 Å². The van der Waals surface area contributed by atoms with E-state index in [1.54, 1.807) is 0 Å². The Morgan fingerprint density at radius 3 is 2.18 bits per heavy atom. The Morgan fingerprint density at radius 2 is 1.64 bits per heavy atom. The predicted octanol–water partition coefficient (Wildman–Crippen LogP) is -0.876. The van der Waals surface area contributed by atoms with Crippen molar-refractivity contribution in [2.75, 3.05) is 0 Å². The Bertz CT molecular complexity index is 271. The van der Waals surface area contributed by atoms with Gasteiger partial charge in [0, 0.05) is 20.2 Å². The molecule has 1 nitrogen and oxygen atoms in total. The van der Waals surface area contributed by atoms with Crippen molar-refractivity contribution in [2.24, 2.45) is 0 Å². The van der Waals surface area contributed by atoms with Gasteiger partial charge in [-0.15, -0.1) is 18.5 Å². The van der Waals surface area contributed by atoms with Crippen LogP contribution >= 0.6 is 37.0 Å². The minimum absolute atomic E-state index is 1.09. The van der Waals surface area contributed by atoms with E-state index >= 15 is 0 Å². The first kappa shape index (κ1) is 9.95. The number of aromatic nitrogens is 1.